The van der Waals surface area contributed by atoms with Crippen LogP contribution in [0.25, 0.3) is 21.3 Å². The normalized spacial score (nSPS) is 10.9. The van der Waals surface area contributed by atoms with Gasteiger partial charge < -0.3 is 4.74 Å². The zero-order valence-corrected chi connectivity index (χ0v) is 12.0. The lowest BCUT2D eigenvalue weighted by atomic mass is 10.0. The van der Waals surface area contributed by atoms with Crippen LogP contribution in [-0.2, 0) is 0 Å². The lowest BCUT2D eigenvalue weighted by Gasteiger charge is -2.08. The molecule has 2 heterocycles. The summed E-state index contributed by atoms with van der Waals surface area (Å²) in [6.07, 6.45) is 1.77. The Labute approximate surface area is 119 Å². The molecule has 5 heteroatoms. The number of hydrogen-bond acceptors (Lipinski definition) is 4. The maximum Gasteiger partial charge on any atom is 0.222 e. The molecular weight excluding hydrogens is 280 g/mol. The number of ether oxygens (including phenoxy) is 1. The van der Waals surface area contributed by atoms with Gasteiger partial charge in [0.15, 0.2) is 0 Å². The number of benzene rings is 1. The number of fused-ring (bicyclic) bond motifs is 1. The molecule has 0 bridgehead atoms. The zero-order valence-electron chi connectivity index (χ0n) is 10.5. The summed E-state index contributed by atoms with van der Waals surface area (Å²) in [4.78, 5) is 9.57. The SMILES string of the molecule is COc1ccccc1-c1c(C)sc2cnc(Cl)nc12. The second-order valence-corrected chi connectivity index (χ2v) is 5.68. The molecule has 0 saturated heterocycles. The molecule has 3 nitrogen and oxygen atoms in total. The van der Waals surface area contributed by atoms with Crippen LogP contribution in [0.5, 0.6) is 5.75 Å². The summed E-state index contributed by atoms with van der Waals surface area (Å²) in [6, 6.07) is 7.92. The van der Waals surface area contributed by atoms with Gasteiger partial charge in [-0.3, -0.25) is 0 Å². The number of para-hydroxylation sites is 1. The molecule has 3 aromatic rings. The van der Waals surface area contributed by atoms with Gasteiger partial charge in [-0.15, -0.1) is 11.3 Å². The molecule has 0 atom stereocenters. The number of rotatable bonds is 2. The fraction of sp³-hybridized carbons (Fsp3) is 0.143. The van der Waals surface area contributed by atoms with Crippen molar-refractivity contribution < 1.29 is 4.74 Å². The molecule has 96 valence electrons. The Bertz CT molecular complexity index is 754. The summed E-state index contributed by atoms with van der Waals surface area (Å²) in [5.41, 5.74) is 2.98. The Morgan fingerprint density at radius 2 is 2.05 bits per heavy atom. The van der Waals surface area contributed by atoms with E-state index in [4.69, 9.17) is 16.3 Å². The predicted octanol–water partition coefficient (Wildman–Crippen LogP) is 4.33. The first-order valence-corrected chi connectivity index (χ1v) is 6.95. The van der Waals surface area contributed by atoms with Gasteiger partial charge >= 0.3 is 0 Å². The van der Waals surface area contributed by atoms with E-state index >= 15 is 0 Å². The molecule has 0 saturated carbocycles. The monoisotopic (exact) mass is 290 g/mol. The van der Waals surface area contributed by atoms with Crippen LogP contribution in [0, 0.1) is 6.92 Å². The Balaban J connectivity index is 2.35. The topological polar surface area (TPSA) is 35.0 Å². The third kappa shape index (κ3) is 2.07. The van der Waals surface area contributed by atoms with E-state index in [-0.39, 0.29) is 5.28 Å². The minimum Gasteiger partial charge on any atom is -0.496 e. The number of aryl methyl sites for hydroxylation is 1. The van der Waals surface area contributed by atoms with Crippen LogP contribution in [0.3, 0.4) is 0 Å². The number of nitrogens with zero attached hydrogens (tertiary/aromatic N) is 2. The molecule has 0 aliphatic rings. The van der Waals surface area contributed by atoms with E-state index in [1.54, 1.807) is 24.6 Å². The highest BCUT2D eigenvalue weighted by molar-refractivity contribution is 7.19. The third-order valence-electron chi connectivity index (χ3n) is 2.95. The fourth-order valence-corrected chi connectivity index (χ4v) is 3.28. The molecule has 0 fully saturated rings. The maximum absolute atomic E-state index is 5.91. The second-order valence-electron chi connectivity index (χ2n) is 4.09. The summed E-state index contributed by atoms with van der Waals surface area (Å²) in [7, 11) is 1.67. The molecule has 0 aliphatic heterocycles. The van der Waals surface area contributed by atoms with E-state index in [9.17, 15) is 0 Å². The smallest absolute Gasteiger partial charge is 0.222 e. The van der Waals surface area contributed by atoms with Crippen molar-refractivity contribution in [2.45, 2.75) is 6.92 Å². The van der Waals surface area contributed by atoms with Crippen molar-refractivity contribution in [2.75, 3.05) is 7.11 Å². The number of hydrogen-bond donors (Lipinski definition) is 0. The molecule has 0 radical (unpaired) electrons. The highest BCUT2D eigenvalue weighted by Gasteiger charge is 2.16. The summed E-state index contributed by atoms with van der Waals surface area (Å²) in [5, 5.41) is 0.265. The van der Waals surface area contributed by atoms with Gasteiger partial charge in [0.25, 0.3) is 0 Å². The summed E-state index contributed by atoms with van der Waals surface area (Å²) in [5.74, 6) is 0.833. The minimum absolute atomic E-state index is 0.265. The standard InChI is InChI=1S/C14H11ClN2OS/c1-8-12(9-5-3-4-6-10(9)18-2)13-11(19-8)7-16-14(15)17-13/h3-7H,1-2H3. The van der Waals surface area contributed by atoms with Crippen molar-refractivity contribution in [3.8, 4) is 16.9 Å². The van der Waals surface area contributed by atoms with Gasteiger partial charge in [-0.25, -0.2) is 9.97 Å². The van der Waals surface area contributed by atoms with E-state index in [0.717, 1.165) is 27.1 Å². The van der Waals surface area contributed by atoms with Crippen LogP contribution < -0.4 is 4.74 Å². The number of halogens is 1. The molecule has 0 spiro atoms. The zero-order chi connectivity index (χ0) is 13.4. The van der Waals surface area contributed by atoms with Crippen molar-refractivity contribution in [3.05, 3.63) is 40.6 Å². The summed E-state index contributed by atoms with van der Waals surface area (Å²) < 4.78 is 6.46. The van der Waals surface area contributed by atoms with Gasteiger partial charge in [0.2, 0.25) is 5.28 Å². The van der Waals surface area contributed by atoms with Crippen LogP contribution in [0.1, 0.15) is 4.88 Å². The van der Waals surface area contributed by atoms with Crippen LogP contribution in [0.2, 0.25) is 5.28 Å². The molecule has 1 aromatic carbocycles. The van der Waals surface area contributed by atoms with E-state index < -0.39 is 0 Å². The van der Waals surface area contributed by atoms with Crippen molar-refractivity contribution in [1.82, 2.24) is 9.97 Å². The van der Waals surface area contributed by atoms with Gasteiger partial charge in [-0.2, -0.15) is 0 Å². The number of aromatic nitrogens is 2. The van der Waals surface area contributed by atoms with Crippen LogP contribution >= 0.6 is 22.9 Å². The average Bonchev–Trinajstić information content (AvgIpc) is 2.74. The van der Waals surface area contributed by atoms with Gasteiger partial charge in [-0.1, -0.05) is 18.2 Å². The van der Waals surface area contributed by atoms with Crippen molar-refractivity contribution >= 4 is 33.2 Å². The highest BCUT2D eigenvalue weighted by atomic mass is 35.5. The Morgan fingerprint density at radius 1 is 1.26 bits per heavy atom. The highest BCUT2D eigenvalue weighted by Crippen LogP contribution is 2.40. The first-order valence-electron chi connectivity index (χ1n) is 5.75. The molecular formula is C14H11ClN2OS. The van der Waals surface area contributed by atoms with Gasteiger partial charge in [0.05, 0.1) is 17.3 Å². The fourth-order valence-electron chi connectivity index (χ4n) is 2.15. The molecule has 0 aliphatic carbocycles. The quantitative estimate of drug-likeness (QED) is 0.659. The van der Waals surface area contributed by atoms with E-state index in [0.29, 0.717) is 0 Å². The Hall–Kier alpha value is -1.65. The molecule has 0 unspecified atom stereocenters. The molecule has 2 aromatic heterocycles. The van der Waals surface area contributed by atoms with Crippen molar-refractivity contribution in [3.63, 3.8) is 0 Å². The molecule has 3 rings (SSSR count). The molecule has 19 heavy (non-hydrogen) atoms. The van der Waals surface area contributed by atoms with E-state index in [2.05, 4.69) is 16.9 Å². The first kappa shape index (κ1) is 12.4. The maximum atomic E-state index is 5.91. The van der Waals surface area contributed by atoms with Crippen molar-refractivity contribution in [1.29, 1.82) is 0 Å². The summed E-state index contributed by atoms with van der Waals surface area (Å²) in [6.45, 7) is 2.07. The number of thiophene rings is 1. The lowest BCUT2D eigenvalue weighted by Crippen LogP contribution is -1.89. The lowest BCUT2D eigenvalue weighted by molar-refractivity contribution is 0.416. The van der Waals surface area contributed by atoms with Gasteiger partial charge in [0.1, 0.15) is 5.75 Å². The second kappa shape index (κ2) is 4.79. The Kier molecular flexibility index (Phi) is 3.12. The summed E-state index contributed by atoms with van der Waals surface area (Å²) >= 11 is 7.57. The minimum atomic E-state index is 0.265. The van der Waals surface area contributed by atoms with E-state index in [1.807, 2.05) is 24.3 Å². The van der Waals surface area contributed by atoms with Gasteiger partial charge in [0, 0.05) is 22.2 Å². The van der Waals surface area contributed by atoms with Crippen LogP contribution in [0.15, 0.2) is 30.5 Å². The largest absolute Gasteiger partial charge is 0.496 e. The van der Waals surface area contributed by atoms with Crippen LogP contribution in [0.4, 0.5) is 0 Å². The molecule has 0 N–H and O–H groups in total. The molecule has 0 amide bonds. The van der Waals surface area contributed by atoms with Crippen LogP contribution in [-0.4, -0.2) is 17.1 Å². The number of methoxy groups -OCH3 is 1. The first-order chi connectivity index (χ1) is 9.20. The average molecular weight is 291 g/mol. The van der Waals surface area contributed by atoms with Crippen molar-refractivity contribution in [2.24, 2.45) is 0 Å². The predicted molar refractivity (Wildman–Crippen MR) is 79.2 cm³/mol. The van der Waals surface area contributed by atoms with E-state index in [1.165, 1.54) is 4.88 Å². The Morgan fingerprint density at radius 3 is 2.84 bits per heavy atom. The third-order valence-corrected chi connectivity index (χ3v) is 4.17. The van der Waals surface area contributed by atoms with Gasteiger partial charge in [-0.05, 0) is 24.6 Å².